The summed E-state index contributed by atoms with van der Waals surface area (Å²) in [5.41, 5.74) is 0.637. The lowest BCUT2D eigenvalue weighted by Crippen LogP contribution is -2.24. The second kappa shape index (κ2) is 7.87. The minimum atomic E-state index is -0.104. The summed E-state index contributed by atoms with van der Waals surface area (Å²) in [6.45, 7) is 10.4. The number of rotatable bonds is 8. The van der Waals surface area contributed by atoms with Crippen LogP contribution in [-0.2, 0) is 0 Å². The van der Waals surface area contributed by atoms with E-state index in [2.05, 4.69) is 34.0 Å². The Labute approximate surface area is 109 Å². The van der Waals surface area contributed by atoms with Crippen LogP contribution in [0.1, 0.15) is 32.4 Å². The quantitative estimate of drug-likeness (QED) is 0.690. The van der Waals surface area contributed by atoms with Crippen LogP contribution in [0.3, 0.4) is 0 Å². The topological polar surface area (TPSA) is 61.0 Å². The van der Waals surface area contributed by atoms with Gasteiger partial charge in [0.25, 0.3) is 5.56 Å². The molecule has 0 amide bonds. The number of nitrogens with zero attached hydrogens (tertiary/aromatic N) is 2. The van der Waals surface area contributed by atoms with Crippen molar-refractivity contribution in [2.24, 2.45) is 0 Å². The normalized spacial score (nSPS) is 10.9. The van der Waals surface area contributed by atoms with Gasteiger partial charge in [0.15, 0.2) is 0 Å². The van der Waals surface area contributed by atoms with E-state index in [1.54, 1.807) is 0 Å². The van der Waals surface area contributed by atoms with E-state index in [9.17, 15) is 4.79 Å². The highest BCUT2D eigenvalue weighted by Crippen LogP contribution is 1.98. The molecule has 0 aliphatic rings. The van der Waals surface area contributed by atoms with Crippen molar-refractivity contribution >= 4 is 5.95 Å². The molecule has 0 atom stereocenters. The summed E-state index contributed by atoms with van der Waals surface area (Å²) in [4.78, 5) is 20.5. The lowest BCUT2D eigenvalue weighted by molar-refractivity contribution is 0.298. The summed E-state index contributed by atoms with van der Waals surface area (Å²) in [6, 6.07) is 1.49. The highest BCUT2D eigenvalue weighted by molar-refractivity contribution is 5.24. The summed E-state index contributed by atoms with van der Waals surface area (Å²) in [7, 11) is 0. The Morgan fingerprint density at radius 3 is 2.67 bits per heavy atom. The molecule has 0 aliphatic heterocycles. The predicted octanol–water partition coefficient (Wildman–Crippen LogP) is 1.61. The van der Waals surface area contributed by atoms with Gasteiger partial charge in [0.1, 0.15) is 0 Å². The van der Waals surface area contributed by atoms with Crippen LogP contribution in [0.15, 0.2) is 10.9 Å². The Hall–Kier alpha value is -1.36. The van der Waals surface area contributed by atoms with E-state index in [4.69, 9.17) is 0 Å². The molecule has 0 fully saturated rings. The molecule has 1 aromatic heterocycles. The van der Waals surface area contributed by atoms with Gasteiger partial charge in [-0.1, -0.05) is 13.8 Å². The third-order valence-corrected chi connectivity index (χ3v) is 2.96. The maximum Gasteiger partial charge on any atom is 0.252 e. The lowest BCUT2D eigenvalue weighted by atomic mass is 10.3. The maximum absolute atomic E-state index is 11.2. The summed E-state index contributed by atoms with van der Waals surface area (Å²) >= 11 is 0. The first-order chi connectivity index (χ1) is 8.65. The zero-order valence-corrected chi connectivity index (χ0v) is 11.6. The van der Waals surface area contributed by atoms with Crippen molar-refractivity contribution < 1.29 is 0 Å². The van der Waals surface area contributed by atoms with Gasteiger partial charge in [-0.05, 0) is 39.4 Å². The number of H-pyrrole nitrogens is 1. The third-order valence-electron chi connectivity index (χ3n) is 2.96. The Morgan fingerprint density at radius 1 is 1.33 bits per heavy atom. The zero-order chi connectivity index (χ0) is 13.4. The highest BCUT2D eigenvalue weighted by Gasteiger charge is 1.99. The van der Waals surface area contributed by atoms with E-state index in [0.717, 1.165) is 44.7 Å². The molecule has 0 radical (unpaired) electrons. The number of hydrogen-bond donors (Lipinski definition) is 2. The minimum Gasteiger partial charge on any atom is -0.356 e. The van der Waals surface area contributed by atoms with Crippen molar-refractivity contribution in [2.45, 2.75) is 33.6 Å². The van der Waals surface area contributed by atoms with Gasteiger partial charge in [-0.15, -0.1) is 0 Å². The molecule has 0 aliphatic carbocycles. The summed E-state index contributed by atoms with van der Waals surface area (Å²) in [5.74, 6) is 0.572. The molecule has 1 heterocycles. The van der Waals surface area contributed by atoms with E-state index in [0.29, 0.717) is 5.95 Å². The summed E-state index contributed by atoms with van der Waals surface area (Å²) in [5, 5.41) is 3.15. The van der Waals surface area contributed by atoms with Gasteiger partial charge in [0.2, 0.25) is 5.95 Å². The second-order valence-corrected chi connectivity index (χ2v) is 4.40. The van der Waals surface area contributed by atoms with Crippen LogP contribution >= 0.6 is 0 Å². The average molecular weight is 252 g/mol. The van der Waals surface area contributed by atoms with Gasteiger partial charge in [-0.25, -0.2) is 4.98 Å². The Kier molecular flexibility index (Phi) is 6.43. The number of aromatic nitrogens is 2. The van der Waals surface area contributed by atoms with Crippen molar-refractivity contribution in [2.75, 3.05) is 31.5 Å². The molecular formula is C13H24N4O. The van der Waals surface area contributed by atoms with Gasteiger partial charge < -0.3 is 10.2 Å². The fraction of sp³-hybridized carbons (Fsp3) is 0.692. The SMILES string of the molecule is CCN(CC)CCCCNc1nc(C)cc(=O)[nH]1. The monoisotopic (exact) mass is 252 g/mol. The summed E-state index contributed by atoms with van der Waals surface area (Å²) in [6.07, 6.45) is 2.24. The van der Waals surface area contributed by atoms with Crippen LogP contribution < -0.4 is 10.9 Å². The minimum absolute atomic E-state index is 0.104. The molecule has 0 spiro atoms. The number of hydrogen-bond acceptors (Lipinski definition) is 4. The number of nitrogens with one attached hydrogen (secondary N) is 2. The van der Waals surface area contributed by atoms with Gasteiger partial charge in [-0.3, -0.25) is 9.78 Å². The van der Waals surface area contributed by atoms with E-state index in [1.807, 2.05) is 6.92 Å². The van der Waals surface area contributed by atoms with Gasteiger partial charge in [-0.2, -0.15) is 0 Å². The second-order valence-electron chi connectivity index (χ2n) is 4.40. The molecule has 1 rings (SSSR count). The number of aromatic amines is 1. The number of aryl methyl sites for hydroxylation is 1. The Balaban J connectivity index is 2.23. The molecule has 18 heavy (non-hydrogen) atoms. The summed E-state index contributed by atoms with van der Waals surface area (Å²) < 4.78 is 0. The molecule has 5 heteroatoms. The lowest BCUT2D eigenvalue weighted by Gasteiger charge is -2.17. The van der Waals surface area contributed by atoms with Gasteiger partial charge in [0.05, 0.1) is 0 Å². The molecule has 102 valence electrons. The van der Waals surface area contributed by atoms with Crippen LogP contribution in [0, 0.1) is 6.92 Å². The zero-order valence-electron chi connectivity index (χ0n) is 11.6. The van der Waals surface area contributed by atoms with Crippen molar-refractivity contribution in [1.29, 1.82) is 0 Å². The van der Waals surface area contributed by atoms with Crippen LogP contribution in [0.5, 0.6) is 0 Å². The fourth-order valence-corrected chi connectivity index (χ4v) is 1.87. The van der Waals surface area contributed by atoms with Crippen LogP contribution in [0.4, 0.5) is 5.95 Å². The largest absolute Gasteiger partial charge is 0.356 e. The highest BCUT2D eigenvalue weighted by atomic mass is 16.1. The molecule has 0 saturated heterocycles. The van der Waals surface area contributed by atoms with Gasteiger partial charge in [0, 0.05) is 18.3 Å². The molecule has 2 N–H and O–H groups in total. The first-order valence-corrected chi connectivity index (χ1v) is 6.70. The standard InChI is InChI=1S/C13H24N4O/c1-4-17(5-2)9-7-6-8-14-13-15-11(3)10-12(18)16-13/h10H,4-9H2,1-3H3,(H2,14,15,16,18). The molecular weight excluding hydrogens is 228 g/mol. The smallest absolute Gasteiger partial charge is 0.252 e. The van der Waals surface area contributed by atoms with E-state index in [1.165, 1.54) is 6.07 Å². The number of anilines is 1. The molecule has 0 bridgehead atoms. The van der Waals surface area contributed by atoms with E-state index >= 15 is 0 Å². The van der Waals surface area contributed by atoms with Crippen LogP contribution in [0.25, 0.3) is 0 Å². The van der Waals surface area contributed by atoms with Crippen molar-refractivity contribution in [3.05, 3.63) is 22.1 Å². The molecule has 5 nitrogen and oxygen atoms in total. The number of unbranched alkanes of at least 4 members (excludes halogenated alkanes) is 1. The van der Waals surface area contributed by atoms with Crippen LogP contribution in [-0.4, -0.2) is 41.0 Å². The predicted molar refractivity (Wildman–Crippen MR) is 75.1 cm³/mol. The Morgan fingerprint density at radius 2 is 2.06 bits per heavy atom. The molecule has 1 aromatic rings. The molecule has 0 aromatic carbocycles. The third kappa shape index (κ3) is 5.31. The van der Waals surface area contributed by atoms with Crippen molar-refractivity contribution in [3.63, 3.8) is 0 Å². The van der Waals surface area contributed by atoms with Gasteiger partial charge >= 0.3 is 0 Å². The Bertz CT molecular complexity index is 398. The van der Waals surface area contributed by atoms with E-state index < -0.39 is 0 Å². The van der Waals surface area contributed by atoms with Crippen molar-refractivity contribution in [3.8, 4) is 0 Å². The maximum atomic E-state index is 11.2. The first-order valence-electron chi connectivity index (χ1n) is 6.70. The molecule has 0 unspecified atom stereocenters. The molecule has 0 saturated carbocycles. The van der Waals surface area contributed by atoms with Crippen LogP contribution in [0.2, 0.25) is 0 Å². The first kappa shape index (κ1) is 14.7. The fourth-order valence-electron chi connectivity index (χ4n) is 1.87. The van der Waals surface area contributed by atoms with Crippen molar-refractivity contribution in [1.82, 2.24) is 14.9 Å². The van der Waals surface area contributed by atoms with E-state index in [-0.39, 0.29) is 5.56 Å². The average Bonchev–Trinajstić information content (AvgIpc) is 2.32.